The Hall–Kier alpha value is -2.23. The van der Waals surface area contributed by atoms with Gasteiger partial charge in [0.1, 0.15) is 0 Å². The first kappa shape index (κ1) is 13.7. The average Bonchev–Trinajstić information content (AvgIpc) is 2.96. The van der Waals surface area contributed by atoms with Crippen LogP contribution in [0, 0.1) is 6.92 Å². The lowest BCUT2D eigenvalue weighted by molar-refractivity contribution is 0.0974. The van der Waals surface area contributed by atoms with Crippen LogP contribution < -0.4 is 4.90 Å². The summed E-state index contributed by atoms with van der Waals surface area (Å²) in [7, 11) is 0. The second kappa shape index (κ2) is 6.04. The summed E-state index contributed by atoms with van der Waals surface area (Å²) >= 11 is 0. The number of benzene rings is 1. The minimum absolute atomic E-state index is 0.195. The molecule has 0 spiro atoms. The van der Waals surface area contributed by atoms with Crippen molar-refractivity contribution in [3.05, 3.63) is 53.9 Å². The maximum Gasteiger partial charge on any atom is 0.225 e. The number of Topliss-reactive ketones (excluding diaryl/α,β-unsaturated/α-hetero) is 1. The topological polar surface area (TPSA) is 46.1 Å². The highest BCUT2D eigenvalue weighted by atomic mass is 16.1. The minimum Gasteiger partial charge on any atom is -0.337 e. The third kappa shape index (κ3) is 3.10. The SMILES string of the molecule is Cc1ccnc(N2CCCC2CC(=O)c2ccccc2)n1. The predicted molar refractivity (Wildman–Crippen MR) is 82.5 cm³/mol. The first-order valence-electron chi connectivity index (χ1n) is 7.38. The van der Waals surface area contributed by atoms with E-state index in [0.29, 0.717) is 6.42 Å². The molecule has 2 heterocycles. The van der Waals surface area contributed by atoms with Gasteiger partial charge < -0.3 is 4.90 Å². The summed E-state index contributed by atoms with van der Waals surface area (Å²) < 4.78 is 0. The Kier molecular flexibility index (Phi) is 3.95. The molecule has 0 radical (unpaired) electrons. The second-order valence-electron chi connectivity index (χ2n) is 5.48. The molecule has 1 aromatic heterocycles. The van der Waals surface area contributed by atoms with Crippen LogP contribution in [-0.4, -0.2) is 28.3 Å². The number of carbonyl (C=O) groups excluding carboxylic acids is 1. The minimum atomic E-state index is 0.195. The Morgan fingerprint density at radius 3 is 2.86 bits per heavy atom. The number of rotatable bonds is 4. The fraction of sp³-hybridized carbons (Fsp3) is 0.353. The molecule has 1 aliphatic rings. The Morgan fingerprint density at radius 1 is 1.29 bits per heavy atom. The fourth-order valence-electron chi connectivity index (χ4n) is 2.84. The molecule has 3 rings (SSSR count). The molecule has 4 nitrogen and oxygen atoms in total. The van der Waals surface area contributed by atoms with E-state index in [1.807, 2.05) is 43.3 Å². The lowest BCUT2D eigenvalue weighted by Gasteiger charge is -2.24. The van der Waals surface area contributed by atoms with Gasteiger partial charge in [-0.2, -0.15) is 0 Å². The molecule has 0 saturated carbocycles. The van der Waals surface area contributed by atoms with Crippen LogP contribution >= 0.6 is 0 Å². The number of hydrogen-bond donors (Lipinski definition) is 0. The normalized spacial score (nSPS) is 18.0. The third-order valence-corrected chi connectivity index (χ3v) is 3.93. The Balaban J connectivity index is 1.74. The van der Waals surface area contributed by atoms with Crippen molar-refractivity contribution in [3.63, 3.8) is 0 Å². The van der Waals surface area contributed by atoms with E-state index in [2.05, 4.69) is 14.9 Å². The quantitative estimate of drug-likeness (QED) is 0.808. The summed E-state index contributed by atoms with van der Waals surface area (Å²) in [6.07, 6.45) is 4.42. The van der Waals surface area contributed by atoms with Crippen molar-refractivity contribution in [2.24, 2.45) is 0 Å². The second-order valence-corrected chi connectivity index (χ2v) is 5.48. The number of ketones is 1. The van der Waals surface area contributed by atoms with Gasteiger partial charge in [0.15, 0.2) is 5.78 Å². The number of aryl methyl sites for hydroxylation is 1. The molecule has 0 amide bonds. The van der Waals surface area contributed by atoms with Crippen LogP contribution in [0.1, 0.15) is 35.3 Å². The van der Waals surface area contributed by atoms with Gasteiger partial charge in [0, 0.05) is 36.5 Å². The van der Waals surface area contributed by atoms with Gasteiger partial charge in [-0.15, -0.1) is 0 Å². The summed E-state index contributed by atoms with van der Waals surface area (Å²) in [6, 6.07) is 11.6. The van der Waals surface area contributed by atoms with Crippen molar-refractivity contribution in [2.75, 3.05) is 11.4 Å². The molecule has 0 bridgehead atoms. The smallest absolute Gasteiger partial charge is 0.225 e. The molecule has 0 aliphatic carbocycles. The predicted octanol–water partition coefficient (Wildman–Crippen LogP) is 3.03. The molecule has 1 aromatic carbocycles. The first-order valence-corrected chi connectivity index (χ1v) is 7.38. The van der Waals surface area contributed by atoms with Crippen molar-refractivity contribution in [2.45, 2.75) is 32.2 Å². The molecular weight excluding hydrogens is 262 g/mol. The van der Waals surface area contributed by atoms with Crippen LogP contribution in [0.4, 0.5) is 5.95 Å². The molecule has 21 heavy (non-hydrogen) atoms. The van der Waals surface area contributed by atoms with Crippen LogP contribution in [0.25, 0.3) is 0 Å². The lowest BCUT2D eigenvalue weighted by Crippen LogP contribution is -2.32. The van der Waals surface area contributed by atoms with E-state index in [9.17, 15) is 4.79 Å². The lowest BCUT2D eigenvalue weighted by atomic mass is 10.0. The van der Waals surface area contributed by atoms with E-state index >= 15 is 0 Å². The van der Waals surface area contributed by atoms with Gasteiger partial charge in [-0.05, 0) is 25.8 Å². The Labute approximate surface area is 124 Å². The van der Waals surface area contributed by atoms with Gasteiger partial charge in [0.25, 0.3) is 0 Å². The van der Waals surface area contributed by atoms with Crippen molar-refractivity contribution in [1.82, 2.24) is 9.97 Å². The zero-order chi connectivity index (χ0) is 14.7. The zero-order valence-corrected chi connectivity index (χ0v) is 12.2. The van der Waals surface area contributed by atoms with Crippen molar-refractivity contribution in [3.8, 4) is 0 Å². The van der Waals surface area contributed by atoms with Gasteiger partial charge in [0.05, 0.1) is 0 Å². The van der Waals surface area contributed by atoms with Gasteiger partial charge in [-0.25, -0.2) is 9.97 Å². The number of nitrogens with zero attached hydrogens (tertiary/aromatic N) is 3. The van der Waals surface area contributed by atoms with E-state index in [1.165, 1.54) is 0 Å². The molecule has 108 valence electrons. The number of carbonyl (C=O) groups is 1. The molecule has 1 atom stereocenters. The zero-order valence-electron chi connectivity index (χ0n) is 12.2. The van der Waals surface area contributed by atoms with E-state index in [-0.39, 0.29) is 11.8 Å². The molecule has 1 unspecified atom stereocenters. The van der Waals surface area contributed by atoms with E-state index in [4.69, 9.17) is 0 Å². The summed E-state index contributed by atoms with van der Waals surface area (Å²) in [4.78, 5) is 23.4. The summed E-state index contributed by atoms with van der Waals surface area (Å²) in [5.41, 5.74) is 1.74. The highest BCUT2D eigenvalue weighted by Crippen LogP contribution is 2.25. The summed E-state index contributed by atoms with van der Waals surface area (Å²) in [5, 5.41) is 0. The van der Waals surface area contributed by atoms with E-state index < -0.39 is 0 Å². The molecule has 1 aliphatic heterocycles. The van der Waals surface area contributed by atoms with E-state index in [0.717, 1.165) is 36.6 Å². The number of hydrogen-bond acceptors (Lipinski definition) is 4. The highest BCUT2D eigenvalue weighted by Gasteiger charge is 2.28. The monoisotopic (exact) mass is 281 g/mol. The molecule has 1 fully saturated rings. The van der Waals surface area contributed by atoms with Crippen molar-refractivity contribution >= 4 is 11.7 Å². The van der Waals surface area contributed by atoms with Gasteiger partial charge in [0.2, 0.25) is 5.95 Å². The van der Waals surface area contributed by atoms with Gasteiger partial charge >= 0.3 is 0 Å². The molecule has 1 saturated heterocycles. The van der Waals surface area contributed by atoms with Crippen LogP contribution in [0.5, 0.6) is 0 Å². The molecule has 2 aromatic rings. The van der Waals surface area contributed by atoms with Crippen molar-refractivity contribution < 1.29 is 4.79 Å². The largest absolute Gasteiger partial charge is 0.337 e. The average molecular weight is 281 g/mol. The van der Waals surface area contributed by atoms with Crippen LogP contribution in [0.15, 0.2) is 42.6 Å². The maximum absolute atomic E-state index is 12.4. The number of anilines is 1. The Bertz CT molecular complexity index is 627. The van der Waals surface area contributed by atoms with Crippen LogP contribution in [-0.2, 0) is 0 Å². The first-order chi connectivity index (χ1) is 10.2. The number of aromatic nitrogens is 2. The summed E-state index contributed by atoms with van der Waals surface area (Å²) in [5.74, 6) is 0.943. The van der Waals surface area contributed by atoms with Gasteiger partial charge in [-0.3, -0.25) is 4.79 Å². The van der Waals surface area contributed by atoms with E-state index in [1.54, 1.807) is 6.20 Å². The fourth-order valence-corrected chi connectivity index (χ4v) is 2.84. The maximum atomic E-state index is 12.4. The van der Waals surface area contributed by atoms with Crippen molar-refractivity contribution in [1.29, 1.82) is 0 Å². The van der Waals surface area contributed by atoms with Crippen LogP contribution in [0.3, 0.4) is 0 Å². The summed E-state index contributed by atoms with van der Waals surface area (Å²) in [6.45, 7) is 2.89. The molecule has 4 heteroatoms. The molecular formula is C17H19N3O. The Morgan fingerprint density at radius 2 is 2.10 bits per heavy atom. The van der Waals surface area contributed by atoms with Crippen LogP contribution in [0.2, 0.25) is 0 Å². The highest BCUT2D eigenvalue weighted by molar-refractivity contribution is 5.96. The van der Waals surface area contributed by atoms with Gasteiger partial charge in [-0.1, -0.05) is 30.3 Å². The standard InChI is InChI=1S/C17H19N3O/c1-13-9-10-18-17(19-13)20-11-5-8-15(20)12-16(21)14-6-3-2-4-7-14/h2-4,6-7,9-10,15H,5,8,11-12H2,1H3. The molecule has 0 N–H and O–H groups in total. The third-order valence-electron chi connectivity index (χ3n) is 3.93.